The summed E-state index contributed by atoms with van der Waals surface area (Å²) in [5.41, 5.74) is 1.77. The molecule has 0 bridgehead atoms. The smallest absolute Gasteiger partial charge is 0.259 e. The number of aromatic hydroxyl groups is 1. The minimum Gasteiger partial charge on any atom is -0.507 e. The zero-order chi connectivity index (χ0) is 21.8. The van der Waals surface area contributed by atoms with Crippen molar-refractivity contribution in [3.05, 3.63) is 87.9 Å². The van der Waals surface area contributed by atoms with Gasteiger partial charge in [0.2, 0.25) is 0 Å². The summed E-state index contributed by atoms with van der Waals surface area (Å²) < 4.78 is 6.37. The molecule has 1 aliphatic carbocycles. The van der Waals surface area contributed by atoms with Gasteiger partial charge in [0.25, 0.3) is 5.91 Å². The lowest BCUT2D eigenvalue weighted by atomic mass is 9.81. The quantitative estimate of drug-likeness (QED) is 0.432. The molecule has 160 valence electrons. The van der Waals surface area contributed by atoms with Crippen molar-refractivity contribution < 1.29 is 14.6 Å². The van der Waals surface area contributed by atoms with Gasteiger partial charge in [-0.3, -0.25) is 4.79 Å². The van der Waals surface area contributed by atoms with E-state index >= 15 is 0 Å². The SMILES string of the molecule is O=C(Nc1cc(O[C@H]2CCCC[C@H]2c2ccccc2)ccc1Cl)c1cc(Cl)ccc1O. The van der Waals surface area contributed by atoms with Gasteiger partial charge in [-0.1, -0.05) is 60.0 Å². The minimum atomic E-state index is -0.501. The van der Waals surface area contributed by atoms with E-state index in [1.807, 2.05) is 12.1 Å². The lowest BCUT2D eigenvalue weighted by molar-refractivity contribution is 0.102. The molecule has 1 amide bonds. The van der Waals surface area contributed by atoms with E-state index in [2.05, 4.69) is 29.6 Å². The lowest BCUT2D eigenvalue weighted by Gasteiger charge is -2.32. The Balaban J connectivity index is 1.53. The number of carbonyl (C=O) groups is 1. The number of amides is 1. The third-order valence-corrected chi connectivity index (χ3v) is 6.17. The fourth-order valence-electron chi connectivity index (χ4n) is 4.05. The van der Waals surface area contributed by atoms with E-state index < -0.39 is 5.91 Å². The monoisotopic (exact) mass is 455 g/mol. The molecule has 1 aliphatic rings. The molecule has 1 fully saturated rings. The third kappa shape index (κ3) is 5.15. The first-order valence-corrected chi connectivity index (χ1v) is 11.1. The molecule has 1 saturated carbocycles. The molecule has 0 saturated heterocycles. The maximum Gasteiger partial charge on any atom is 0.259 e. The van der Waals surface area contributed by atoms with Gasteiger partial charge in [0.05, 0.1) is 16.3 Å². The zero-order valence-electron chi connectivity index (χ0n) is 16.9. The van der Waals surface area contributed by atoms with Crippen LogP contribution in [0.25, 0.3) is 0 Å². The molecule has 0 heterocycles. The van der Waals surface area contributed by atoms with Gasteiger partial charge in [-0.15, -0.1) is 0 Å². The molecule has 4 nitrogen and oxygen atoms in total. The predicted molar refractivity (Wildman–Crippen MR) is 125 cm³/mol. The number of halogens is 2. The van der Waals surface area contributed by atoms with Crippen LogP contribution in [0.3, 0.4) is 0 Å². The van der Waals surface area contributed by atoms with Crippen molar-refractivity contribution in [2.24, 2.45) is 0 Å². The summed E-state index contributed by atoms with van der Waals surface area (Å²) in [4.78, 5) is 12.6. The Bertz CT molecular complexity index is 1070. The van der Waals surface area contributed by atoms with E-state index in [9.17, 15) is 9.90 Å². The number of benzene rings is 3. The molecule has 3 aromatic carbocycles. The highest BCUT2D eigenvalue weighted by Crippen LogP contribution is 2.37. The van der Waals surface area contributed by atoms with Gasteiger partial charge < -0.3 is 15.2 Å². The summed E-state index contributed by atoms with van der Waals surface area (Å²) in [6.07, 6.45) is 4.42. The van der Waals surface area contributed by atoms with Gasteiger partial charge in [-0.2, -0.15) is 0 Å². The van der Waals surface area contributed by atoms with Crippen LogP contribution in [0.1, 0.15) is 47.5 Å². The van der Waals surface area contributed by atoms with E-state index in [0.717, 1.165) is 19.3 Å². The molecule has 3 aromatic rings. The first-order chi connectivity index (χ1) is 15.0. The Morgan fingerprint density at radius 1 is 0.968 bits per heavy atom. The van der Waals surface area contributed by atoms with Gasteiger partial charge in [-0.25, -0.2) is 0 Å². The van der Waals surface area contributed by atoms with E-state index in [4.69, 9.17) is 27.9 Å². The second-order valence-electron chi connectivity index (χ2n) is 7.72. The van der Waals surface area contributed by atoms with Crippen molar-refractivity contribution in [3.8, 4) is 11.5 Å². The second kappa shape index (κ2) is 9.63. The van der Waals surface area contributed by atoms with Crippen LogP contribution in [-0.2, 0) is 0 Å². The number of phenolic OH excluding ortho intramolecular Hbond substituents is 1. The summed E-state index contributed by atoms with van der Waals surface area (Å²) >= 11 is 12.3. The molecule has 0 aromatic heterocycles. The van der Waals surface area contributed by atoms with Crippen LogP contribution in [0.5, 0.6) is 11.5 Å². The van der Waals surface area contributed by atoms with Crippen LogP contribution in [-0.4, -0.2) is 17.1 Å². The number of ether oxygens (including phenoxy) is 1. The van der Waals surface area contributed by atoms with Crippen LogP contribution in [0.2, 0.25) is 10.0 Å². The summed E-state index contributed by atoms with van der Waals surface area (Å²) in [6, 6.07) is 20.0. The Morgan fingerprint density at radius 3 is 2.55 bits per heavy atom. The summed E-state index contributed by atoms with van der Waals surface area (Å²) in [7, 11) is 0. The average molecular weight is 456 g/mol. The van der Waals surface area contributed by atoms with Crippen molar-refractivity contribution in [3.63, 3.8) is 0 Å². The average Bonchev–Trinajstić information content (AvgIpc) is 2.78. The molecule has 4 rings (SSSR count). The number of hydrogen-bond donors (Lipinski definition) is 2. The summed E-state index contributed by atoms with van der Waals surface area (Å²) in [6.45, 7) is 0. The van der Waals surface area contributed by atoms with Crippen molar-refractivity contribution in [1.82, 2.24) is 0 Å². The standard InChI is InChI=1S/C25H23Cl2NO3/c26-17-10-13-23(29)20(14-17)25(30)28-22-15-18(11-12-21(22)27)31-24-9-5-4-8-19(24)16-6-2-1-3-7-16/h1-3,6-7,10-15,19,24,29H,4-5,8-9H2,(H,28,30)/t19-,24-/m0/s1. The van der Waals surface area contributed by atoms with Crippen LogP contribution in [0.4, 0.5) is 5.69 Å². The van der Waals surface area contributed by atoms with Gasteiger partial charge in [0, 0.05) is 17.0 Å². The minimum absolute atomic E-state index is 0.0536. The molecule has 0 unspecified atom stereocenters. The topological polar surface area (TPSA) is 58.6 Å². The number of rotatable bonds is 5. The maximum atomic E-state index is 12.6. The number of hydrogen-bond acceptors (Lipinski definition) is 3. The molecular weight excluding hydrogens is 433 g/mol. The first-order valence-electron chi connectivity index (χ1n) is 10.3. The van der Waals surface area contributed by atoms with Crippen LogP contribution in [0.15, 0.2) is 66.7 Å². The fourth-order valence-corrected chi connectivity index (χ4v) is 4.38. The molecule has 0 spiro atoms. The van der Waals surface area contributed by atoms with Crippen LogP contribution >= 0.6 is 23.2 Å². The Morgan fingerprint density at radius 2 is 1.74 bits per heavy atom. The summed E-state index contributed by atoms with van der Waals surface area (Å²) in [5.74, 6) is 0.312. The van der Waals surface area contributed by atoms with Crippen molar-refractivity contribution in [2.75, 3.05) is 5.32 Å². The highest BCUT2D eigenvalue weighted by Gasteiger charge is 2.28. The number of carbonyl (C=O) groups excluding carboxylic acids is 1. The van der Waals surface area contributed by atoms with Crippen LogP contribution in [0, 0.1) is 0 Å². The van der Waals surface area contributed by atoms with E-state index in [0.29, 0.717) is 27.4 Å². The molecular formula is C25H23Cl2NO3. The van der Waals surface area contributed by atoms with Crippen LogP contribution < -0.4 is 10.1 Å². The molecule has 2 atom stereocenters. The fraction of sp³-hybridized carbons (Fsp3) is 0.240. The molecule has 6 heteroatoms. The van der Waals surface area contributed by atoms with Gasteiger partial charge in [0.1, 0.15) is 17.6 Å². The Kier molecular flexibility index (Phi) is 6.69. The van der Waals surface area contributed by atoms with Gasteiger partial charge in [0.15, 0.2) is 0 Å². The predicted octanol–water partition coefficient (Wildman–Crippen LogP) is 7.06. The van der Waals surface area contributed by atoms with Gasteiger partial charge in [-0.05, 0) is 55.2 Å². The molecule has 0 aliphatic heterocycles. The molecule has 0 radical (unpaired) electrons. The van der Waals surface area contributed by atoms with Crippen molar-refractivity contribution >= 4 is 34.8 Å². The highest BCUT2D eigenvalue weighted by atomic mass is 35.5. The lowest BCUT2D eigenvalue weighted by Crippen LogP contribution is -2.28. The van der Waals surface area contributed by atoms with Crippen molar-refractivity contribution in [2.45, 2.75) is 37.7 Å². The third-order valence-electron chi connectivity index (χ3n) is 5.61. The number of nitrogens with one attached hydrogen (secondary N) is 1. The van der Waals surface area contributed by atoms with E-state index in [1.54, 1.807) is 12.1 Å². The van der Waals surface area contributed by atoms with Gasteiger partial charge >= 0.3 is 0 Å². The highest BCUT2D eigenvalue weighted by molar-refractivity contribution is 6.34. The van der Waals surface area contributed by atoms with E-state index in [-0.39, 0.29) is 17.4 Å². The van der Waals surface area contributed by atoms with Crippen molar-refractivity contribution in [1.29, 1.82) is 0 Å². The zero-order valence-corrected chi connectivity index (χ0v) is 18.4. The van der Waals surface area contributed by atoms with E-state index in [1.165, 1.54) is 30.2 Å². The normalized spacial score (nSPS) is 18.4. The largest absolute Gasteiger partial charge is 0.507 e. The molecule has 2 N–H and O–H groups in total. The number of phenols is 1. The number of anilines is 1. The second-order valence-corrected chi connectivity index (χ2v) is 8.56. The summed E-state index contributed by atoms with van der Waals surface area (Å²) in [5, 5.41) is 13.5. The first kappa shape index (κ1) is 21.5. The molecule has 31 heavy (non-hydrogen) atoms. The Labute approximate surface area is 191 Å². The Hall–Kier alpha value is -2.69. The maximum absolute atomic E-state index is 12.6.